The van der Waals surface area contributed by atoms with E-state index in [1.165, 1.54) is 13.2 Å². The highest BCUT2D eigenvalue weighted by Crippen LogP contribution is 2.32. The maximum absolute atomic E-state index is 11.5. The molecule has 1 atom stereocenters. The average molecular weight is 345 g/mol. The van der Waals surface area contributed by atoms with Gasteiger partial charge in [0, 0.05) is 17.1 Å². The van der Waals surface area contributed by atoms with Crippen LogP contribution in [0.4, 0.5) is 11.4 Å². The Morgan fingerprint density at radius 3 is 3.00 bits per heavy atom. The van der Waals surface area contributed by atoms with Gasteiger partial charge in [-0.25, -0.2) is 4.79 Å². The van der Waals surface area contributed by atoms with E-state index in [1.807, 2.05) is 0 Å². The molecule has 108 valence electrons. The number of carbonyl (C=O) groups is 1. The topological polar surface area (TPSA) is 81.9 Å². The number of rotatable bonds is 3. The van der Waals surface area contributed by atoms with Crippen LogP contribution in [0.15, 0.2) is 22.7 Å². The molecule has 1 saturated heterocycles. The van der Waals surface area contributed by atoms with Crippen molar-refractivity contribution in [2.24, 2.45) is 0 Å². The fraction of sp³-hybridized carbons (Fsp3) is 0.417. The molecule has 0 bridgehead atoms. The number of methoxy groups -OCH3 is 1. The third-order valence-corrected chi connectivity index (χ3v) is 3.50. The number of benzene rings is 1. The molecule has 0 N–H and O–H groups in total. The summed E-state index contributed by atoms with van der Waals surface area (Å²) in [5.41, 5.74) is 0.459. The van der Waals surface area contributed by atoms with E-state index < -0.39 is 17.0 Å². The molecule has 20 heavy (non-hydrogen) atoms. The molecule has 1 fully saturated rings. The van der Waals surface area contributed by atoms with Crippen molar-refractivity contribution >= 4 is 33.3 Å². The van der Waals surface area contributed by atoms with Crippen LogP contribution in [0.3, 0.4) is 0 Å². The molecule has 7 nitrogen and oxygen atoms in total. The zero-order valence-corrected chi connectivity index (χ0v) is 12.3. The van der Waals surface area contributed by atoms with Crippen LogP contribution in [0.1, 0.15) is 0 Å². The Hall–Kier alpha value is -1.67. The fourth-order valence-electron chi connectivity index (χ4n) is 2.05. The van der Waals surface area contributed by atoms with Crippen LogP contribution in [0.25, 0.3) is 0 Å². The number of nitrogens with zero attached hydrogens (tertiary/aromatic N) is 2. The molecule has 1 aliphatic heterocycles. The second-order valence-corrected chi connectivity index (χ2v) is 5.13. The average Bonchev–Trinajstić information content (AvgIpc) is 2.46. The van der Waals surface area contributed by atoms with Gasteiger partial charge in [0.05, 0.1) is 25.2 Å². The zero-order valence-electron chi connectivity index (χ0n) is 10.7. The summed E-state index contributed by atoms with van der Waals surface area (Å²) in [6.07, 6.45) is -0.725. The lowest BCUT2D eigenvalue weighted by Crippen LogP contribution is -2.46. The first-order valence-electron chi connectivity index (χ1n) is 5.91. The molecular weight excluding hydrogens is 332 g/mol. The van der Waals surface area contributed by atoms with Gasteiger partial charge in [-0.2, -0.15) is 0 Å². The Morgan fingerprint density at radius 2 is 2.35 bits per heavy atom. The minimum atomic E-state index is -0.725. The first kappa shape index (κ1) is 14.7. The van der Waals surface area contributed by atoms with Crippen molar-refractivity contribution in [2.75, 3.05) is 31.7 Å². The number of hydrogen-bond acceptors (Lipinski definition) is 6. The normalized spacial score (nSPS) is 18.7. The van der Waals surface area contributed by atoms with E-state index in [9.17, 15) is 14.9 Å². The molecule has 1 aromatic rings. The van der Waals surface area contributed by atoms with Gasteiger partial charge in [0.1, 0.15) is 5.69 Å². The lowest BCUT2D eigenvalue weighted by molar-refractivity contribution is -0.384. The smallest absolute Gasteiger partial charge is 0.336 e. The number of halogens is 1. The molecule has 8 heteroatoms. The summed E-state index contributed by atoms with van der Waals surface area (Å²) in [7, 11) is 1.28. The van der Waals surface area contributed by atoms with Gasteiger partial charge in [-0.3, -0.25) is 10.1 Å². The highest BCUT2D eigenvalue weighted by Gasteiger charge is 2.30. The van der Waals surface area contributed by atoms with Gasteiger partial charge in [0.2, 0.25) is 0 Å². The third kappa shape index (κ3) is 3.07. The van der Waals surface area contributed by atoms with Crippen molar-refractivity contribution in [3.05, 3.63) is 32.8 Å². The second kappa shape index (κ2) is 6.19. The van der Waals surface area contributed by atoms with Crippen LogP contribution in [-0.4, -0.2) is 43.8 Å². The summed E-state index contributed by atoms with van der Waals surface area (Å²) in [6, 6.07) is 4.82. The second-order valence-electron chi connectivity index (χ2n) is 4.22. The standard InChI is InChI=1S/C12H13BrN2O5/c1-19-12(16)11-7-14(4-5-20-11)9-3-2-8(13)6-10(9)15(17)18/h2-3,6,11H,4-5,7H2,1H3. The van der Waals surface area contributed by atoms with Gasteiger partial charge in [-0.1, -0.05) is 15.9 Å². The van der Waals surface area contributed by atoms with Crippen LogP contribution in [-0.2, 0) is 14.3 Å². The molecule has 0 amide bonds. The number of esters is 1. The number of nitro groups is 1. The highest BCUT2D eigenvalue weighted by molar-refractivity contribution is 9.10. The molecule has 1 aromatic carbocycles. The van der Waals surface area contributed by atoms with Gasteiger partial charge in [-0.15, -0.1) is 0 Å². The number of morpholine rings is 1. The van der Waals surface area contributed by atoms with Gasteiger partial charge in [0.25, 0.3) is 5.69 Å². The van der Waals surface area contributed by atoms with Gasteiger partial charge >= 0.3 is 5.97 Å². The van der Waals surface area contributed by atoms with E-state index in [-0.39, 0.29) is 12.2 Å². The predicted molar refractivity (Wildman–Crippen MR) is 74.8 cm³/mol. The predicted octanol–water partition coefficient (Wildman–Crippen LogP) is 1.74. The molecular formula is C12H13BrN2O5. The van der Waals surface area contributed by atoms with Crippen LogP contribution >= 0.6 is 15.9 Å². The number of anilines is 1. The summed E-state index contributed by atoms with van der Waals surface area (Å²) in [4.78, 5) is 23.9. The van der Waals surface area contributed by atoms with Crippen molar-refractivity contribution in [1.29, 1.82) is 0 Å². The SMILES string of the molecule is COC(=O)C1CN(c2ccc(Br)cc2[N+](=O)[O-])CCO1. The van der Waals surface area contributed by atoms with Gasteiger partial charge in [0.15, 0.2) is 6.10 Å². The zero-order chi connectivity index (χ0) is 14.7. The van der Waals surface area contributed by atoms with E-state index in [0.717, 1.165) is 0 Å². The molecule has 0 aliphatic carbocycles. The first-order chi connectivity index (χ1) is 9.52. The summed E-state index contributed by atoms with van der Waals surface area (Å²) in [6.45, 7) is 1.03. The summed E-state index contributed by atoms with van der Waals surface area (Å²) < 4.78 is 10.6. The largest absolute Gasteiger partial charge is 0.467 e. The lowest BCUT2D eigenvalue weighted by Gasteiger charge is -2.32. The minimum Gasteiger partial charge on any atom is -0.467 e. The lowest BCUT2D eigenvalue weighted by atomic mass is 10.2. The van der Waals surface area contributed by atoms with Crippen molar-refractivity contribution < 1.29 is 19.2 Å². The van der Waals surface area contributed by atoms with E-state index >= 15 is 0 Å². The fourth-order valence-corrected chi connectivity index (χ4v) is 2.40. The Morgan fingerprint density at radius 1 is 1.60 bits per heavy atom. The van der Waals surface area contributed by atoms with Crippen molar-refractivity contribution in [3.8, 4) is 0 Å². The third-order valence-electron chi connectivity index (χ3n) is 3.01. The van der Waals surface area contributed by atoms with Gasteiger partial charge < -0.3 is 14.4 Å². The molecule has 0 radical (unpaired) electrons. The van der Waals surface area contributed by atoms with Crippen molar-refractivity contribution in [3.63, 3.8) is 0 Å². The molecule has 0 spiro atoms. The van der Waals surface area contributed by atoms with E-state index in [4.69, 9.17) is 4.74 Å². The molecule has 1 aliphatic rings. The molecule has 1 unspecified atom stereocenters. The van der Waals surface area contributed by atoms with Crippen LogP contribution in [0, 0.1) is 10.1 Å². The number of ether oxygens (including phenoxy) is 2. The summed E-state index contributed by atoms with van der Waals surface area (Å²) in [5, 5.41) is 11.1. The minimum absolute atomic E-state index is 0.00936. The van der Waals surface area contributed by atoms with Crippen LogP contribution < -0.4 is 4.90 Å². The molecule has 0 saturated carbocycles. The Kier molecular flexibility index (Phi) is 4.56. The number of hydrogen-bond donors (Lipinski definition) is 0. The van der Waals surface area contributed by atoms with Crippen molar-refractivity contribution in [2.45, 2.75) is 6.10 Å². The Labute approximate surface area is 123 Å². The van der Waals surface area contributed by atoms with Crippen molar-refractivity contribution in [1.82, 2.24) is 0 Å². The molecule has 2 rings (SSSR count). The van der Waals surface area contributed by atoms with Gasteiger partial charge in [-0.05, 0) is 12.1 Å². The number of carbonyl (C=O) groups excluding carboxylic acids is 1. The summed E-state index contributed by atoms with van der Waals surface area (Å²) >= 11 is 3.21. The quantitative estimate of drug-likeness (QED) is 0.472. The highest BCUT2D eigenvalue weighted by atomic mass is 79.9. The van der Waals surface area contributed by atoms with E-state index in [2.05, 4.69) is 20.7 Å². The molecule has 0 aromatic heterocycles. The Bertz CT molecular complexity index is 537. The van der Waals surface area contributed by atoms with Crippen LogP contribution in [0.2, 0.25) is 0 Å². The first-order valence-corrected chi connectivity index (χ1v) is 6.70. The maximum atomic E-state index is 11.5. The Balaban J connectivity index is 2.27. The maximum Gasteiger partial charge on any atom is 0.336 e. The van der Waals surface area contributed by atoms with E-state index in [0.29, 0.717) is 23.3 Å². The summed E-state index contributed by atoms with van der Waals surface area (Å²) in [5.74, 6) is -0.477. The van der Waals surface area contributed by atoms with E-state index in [1.54, 1.807) is 17.0 Å². The van der Waals surface area contributed by atoms with Crippen LogP contribution in [0.5, 0.6) is 0 Å². The molecule has 1 heterocycles. The number of nitro benzene ring substituents is 1. The monoisotopic (exact) mass is 344 g/mol.